The van der Waals surface area contributed by atoms with Crippen molar-refractivity contribution in [2.75, 3.05) is 13.2 Å². The van der Waals surface area contributed by atoms with Crippen molar-refractivity contribution < 1.29 is 19.2 Å². The molecule has 0 aliphatic carbocycles. The first-order valence-electron chi connectivity index (χ1n) is 5.68. The minimum Gasteiger partial charge on any atom is -0.492 e. The number of nitro benzene ring substituents is 1. The van der Waals surface area contributed by atoms with Gasteiger partial charge in [0.1, 0.15) is 11.3 Å². The van der Waals surface area contributed by atoms with Crippen LogP contribution in [0.4, 0.5) is 5.69 Å². The van der Waals surface area contributed by atoms with Crippen molar-refractivity contribution in [1.82, 2.24) is 0 Å². The van der Waals surface area contributed by atoms with Crippen LogP contribution in [0, 0.1) is 10.1 Å². The Morgan fingerprint density at radius 2 is 2.11 bits per heavy atom. The normalized spacial score (nSPS) is 9.89. The summed E-state index contributed by atoms with van der Waals surface area (Å²) in [6, 6.07) is 3.84. The Labute approximate surface area is 105 Å². The lowest BCUT2D eigenvalue weighted by atomic mass is 10.2. The third-order valence-electron chi connectivity index (χ3n) is 2.13. The zero-order valence-corrected chi connectivity index (χ0v) is 10.3. The van der Waals surface area contributed by atoms with Crippen molar-refractivity contribution in [3.8, 4) is 5.75 Å². The molecule has 0 heterocycles. The quantitative estimate of drug-likeness (QED) is 0.442. The van der Waals surface area contributed by atoms with Gasteiger partial charge >= 0.3 is 5.97 Å². The molecule has 0 unspecified atom stereocenters. The van der Waals surface area contributed by atoms with Crippen LogP contribution in [0.3, 0.4) is 0 Å². The summed E-state index contributed by atoms with van der Waals surface area (Å²) in [6.45, 7) is 4.22. The minimum absolute atomic E-state index is 0.117. The number of nitro groups is 1. The van der Waals surface area contributed by atoms with Crippen LogP contribution in [0.15, 0.2) is 18.2 Å². The van der Waals surface area contributed by atoms with Crippen LogP contribution in [0.5, 0.6) is 5.75 Å². The third kappa shape index (κ3) is 3.44. The fourth-order valence-corrected chi connectivity index (χ4v) is 1.33. The zero-order valence-electron chi connectivity index (χ0n) is 10.3. The van der Waals surface area contributed by atoms with Crippen LogP contribution in [0.1, 0.15) is 30.6 Å². The van der Waals surface area contributed by atoms with Gasteiger partial charge in [-0.3, -0.25) is 10.1 Å². The van der Waals surface area contributed by atoms with Crippen LogP contribution >= 0.6 is 0 Å². The zero-order chi connectivity index (χ0) is 13.5. The number of nitrogens with zero attached hydrogens (tertiary/aromatic N) is 1. The first-order chi connectivity index (χ1) is 8.60. The highest BCUT2D eigenvalue weighted by molar-refractivity contribution is 5.92. The number of esters is 1. The molecule has 1 aromatic carbocycles. The molecule has 18 heavy (non-hydrogen) atoms. The van der Waals surface area contributed by atoms with Gasteiger partial charge in [-0.25, -0.2) is 4.79 Å². The highest BCUT2D eigenvalue weighted by atomic mass is 16.6. The van der Waals surface area contributed by atoms with Crippen molar-refractivity contribution in [2.45, 2.75) is 20.3 Å². The Kier molecular flexibility index (Phi) is 5.10. The Balaban J connectivity index is 3.07. The summed E-state index contributed by atoms with van der Waals surface area (Å²) in [5.74, 6) is -0.358. The van der Waals surface area contributed by atoms with E-state index in [4.69, 9.17) is 9.47 Å². The van der Waals surface area contributed by atoms with E-state index in [0.29, 0.717) is 6.61 Å². The molecule has 6 heteroatoms. The molecular formula is C12H15NO5. The van der Waals surface area contributed by atoms with Crippen molar-refractivity contribution in [1.29, 1.82) is 0 Å². The Morgan fingerprint density at radius 3 is 2.67 bits per heavy atom. The van der Waals surface area contributed by atoms with E-state index in [1.807, 2.05) is 6.92 Å². The van der Waals surface area contributed by atoms with E-state index < -0.39 is 10.9 Å². The van der Waals surface area contributed by atoms with Gasteiger partial charge in [0.2, 0.25) is 0 Å². The van der Waals surface area contributed by atoms with Crippen molar-refractivity contribution >= 4 is 11.7 Å². The number of hydrogen-bond donors (Lipinski definition) is 0. The summed E-state index contributed by atoms with van der Waals surface area (Å²) >= 11 is 0. The van der Waals surface area contributed by atoms with Gasteiger partial charge in [-0.15, -0.1) is 0 Å². The molecule has 0 atom stereocenters. The van der Waals surface area contributed by atoms with Crippen LogP contribution in [0.25, 0.3) is 0 Å². The average molecular weight is 253 g/mol. The summed E-state index contributed by atoms with van der Waals surface area (Å²) < 4.78 is 10.2. The van der Waals surface area contributed by atoms with Crippen molar-refractivity contribution in [2.24, 2.45) is 0 Å². The molecule has 1 aromatic rings. The molecule has 98 valence electrons. The molecule has 0 saturated carbocycles. The molecule has 1 rings (SSSR count). The fraction of sp³-hybridized carbons (Fsp3) is 0.417. The maximum absolute atomic E-state index is 11.6. The molecule has 0 fully saturated rings. The lowest BCUT2D eigenvalue weighted by molar-refractivity contribution is -0.384. The Bertz CT molecular complexity index is 444. The van der Waals surface area contributed by atoms with Crippen LogP contribution < -0.4 is 4.74 Å². The van der Waals surface area contributed by atoms with E-state index >= 15 is 0 Å². The van der Waals surface area contributed by atoms with E-state index in [9.17, 15) is 14.9 Å². The molecule has 0 saturated heterocycles. The second-order valence-corrected chi connectivity index (χ2v) is 3.51. The van der Waals surface area contributed by atoms with Crippen LogP contribution in [-0.4, -0.2) is 24.1 Å². The van der Waals surface area contributed by atoms with Gasteiger partial charge in [0, 0.05) is 6.07 Å². The van der Waals surface area contributed by atoms with Crippen molar-refractivity contribution in [3.05, 3.63) is 33.9 Å². The summed E-state index contributed by atoms with van der Waals surface area (Å²) in [7, 11) is 0. The smallest absolute Gasteiger partial charge is 0.341 e. The molecule has 0 aliphatic heterocycles. The summed E-state index contributed by atoms with van der Waals surface area (Å²) in [4.78, 5) is 21.8. The fourth-order valence-electron chi connectivity index (χ4n) is 1.33. The number of carbonyl (C=O) groups is 1. The highest BCUT2D eigenvalue weighted by Crippen LogP contribution is 2.25. The molecule has 0 spiro atoms. The summed E-state index contributed by atoms with van der Waals surface area (Å²) in [6.07, 6.45) is 0.741. The number of hydrogen-bond acceptors (Lipinski definition) is 5. The van der Waals surface area contributed by atoms with E-state index in [2.05, 4.69) is 0 Å². The second-order valence-electron chi connectivity index (χ2n) is 3.51. The lowest BCUT2D eigenvalue weighted by Crippen LogP contribution is -2.08. The highest BCUT2D eigenvalue weighted by Gasteiger charge is 2.18. The topological polar surface area (TPSA) is 78.7 Å². The van der Waals surface area contributed by atoms with E-state index in [0.717, 1.165) is 6.42 Å². The van der Waals surface area contributed by atoms with Gasteiger partial charge in [0.05, 0.1) is 24.2 Å². The molecule has 0 aromatic heterocycles. The largest absolute Gasteiger partial charge is 0.492 e. The molecule has 0 amide bonds. The molecule has 0 N–H and O–H groups in total. The van der Waals surface area contributed by atoms with Gasteiger partial charge in [-0.1, -0.05) is 6.92 Å². The van der Waals surface area contributed by atoms with Gasteiger partial charge < -0.3 is 9.47 Å². The van der Waals surface area contributed by atoms with E-state index in [-0.39, 0.29) is 23.6 Å². The van der Waals surface area contributed by atoms with E-state index in [1.165, 1.54) is 18.2 Å². The minimum atomic E-state index is -0.543. The predicted octanol–water partition coefficient (Wildman–Crippen LogP) is 2.56. The molecule has 6 nitrogen and oxygen atoms in total. The van der Waals surface area contributed by atoms with E-state index in [1.54, 1.807) is 6.92 Å². The lowest BCUT2D eigenvalue weighted by Gasteiger charge is -2.09. The summed E-state index contributed by atoms with van der Waals surface area (Å²) in [5, 5.41) is 10.7. The monoisotopic (exact) mass is 253 g/mol. The standard InChI is InChI=1S/C12H15NO5/c1-3-7-18-11-8-9(13(15)16)5-6-10(11)12(14)17-4-2/h5-6,8H,3-4,7H2,1-2H3. The Morgan fingerprint density at radius 1 is 1.39 bits per heavy atom. The summed E-state index contributed by atoms with van der Waals surface area (Å²) in [5.41, 5.74) is 0.0880. The number of carbonyl (C=O) groups excluding carboxylic acids is 1. The van der Waals surface area contributed by atoms with Gasteiger partial charge in [-0.2, -0.15) is 0 Å². The molecular weight excluding hydrogens is 238 g/mol. The van der Waals surface area contributed by atoms with Gasteiger partial charge in [0.15, 0.2) is 0 Å². The van der Waals surface area contributed by atoms with Crippen LogP contribution in [0.2, 0.25) is 0 Å². The first kappa shape index (κ1) is 14.0. The first-order valence-corrected chi connectivity index (χ1v) is 5.68. The predicted molar refractivity (Wildman–Crippen MR) is 64.8 cm³/mol. The Hall–Kier alpha value is -2.11. The SMILES string of the molecule is CCCOc1cc([N+](=O)[O-])ccc1C(=O)OCC. The molecule has 0 aliphatic rings. The van der Waals surface area contributed by atoms with Crippen LogP contribution in [-0.2, 0) is 4.74 Å². The average Bonchev–Trinajstić information content (AvgIpc) is 2.36. The number of non-ortho nitro benzene ring substituents is 1. The van der Waals surface area contributed by atoms with Gasteiger partial charge in [0.25, 0.3) is 5.69 Å². The van der Waals surface area contributed by atoms with Gasteiger partial charge in [-0.05, 0) is 19.4 Å². The molecule has 0 radical (unpaired) electrons. The maximum Gasteiger partial charge on any atom is 0.341 e. The third-order valence-corrected chi connectivity index (χ3v) is 2.13. The second kappa shape index (κ2) is 6.58. The van der Waals surface area contributed by atoms with Crippen molar-refractivity contribution in [3.63, 3.8) is 0 Å². The number of benzene rings is 1. The number of ether oxygens (including phenoxy) is 2. The maximum atomic E-state index is 11.6. The molecule has 0 bridgehead atoms. The number of rotatable bonds is 6.